The van der Waals surface area contributed by atoms with Gasteiger partial charge in [-0.25, -0.2) is 0 Å². The van der Waals surface area contributed by atoms with E-state index in [0.29, 0.717) is 11.6 Å². The molecule has 0 aromatic carbocycles. The van der Waals surface area contributed by atoms with Crippen LogP contribution in [0.3, 0.4) is 0 Å². The van der Waals surface area contributed by atoms with E-state index in [-0.39, 0.29) is 0 Å². The second-order valence-electron chi connectivity index (χ2n) is 4.54. The van der Waals surface area contributed by atoms with Gasteiger partial charge in [0.1, 0.15) is 0 Å². The molecule has 1 heterocycles. The van der Waals surface area contributed by atoms with Crippen molar-refractivity contribution < 1.29 is 0 Å². The van der Waals surface area contributed by atoms with Crippen LogP contribution in [0, 0.1) is 0 Å². The lowest BCUT2D eigenvalue weighted by Crippen LogP contribution is -2.38. The van der Waals surface area contributed by atoms with Gasteiger partial charge in [-0.1, -0.05) is 25.7 Å². The molecular formula is C10H20N2. The molecule has 1 atom stereocenters. The lowest BCUT2D eigenvalue weighted by Gasteiger charge is -2.27. The summed E-state index contributed by atoms with van der Waals surface area (Å²) in [7, 11) is 0. The van der Waals surface area contributed by atoms with E-state index >= 15 is 0 Å². The summed E-state index contributed by atoms with van der Waals surface area (Å²) in [6.07, 6.45) is 9.60. The fraction of sp³-hybridized carbons (Fsp3) is 1.00. The van der Waals surface area contributed by atoms with Crippen LogP contribution in [-0.2, 0) is 0 Å². The Balaban J connectivity index is 1.98. The van der Waals surface area contributed by atoms with Gasteiger partial charge in [-0.2, -0.15) is 0 Å². The second-order valence-corrected chi connectivity index (χ2v) is 4.54. The third kappa shape index (κ3) is 1.64. The molecule has 12 heavy (non-hydrogen) atoms. The number of hydrogen-bond acceptors (Lipinski definition) is 2. The van der Waals surface area contributed by atoms with Crippen LogP contribution in [-0.4, -0.2) is 18.1 Å². The van der Waals surface area contributed by atoms with Crippen LogP contribution in [0.25, 0.3) is 0 Å². The monoisotopic (exact) mass is 168 g/mol. The zero-order chi connectivity index (χ0) is 8.44. The van der Waals surface area contributed by atoms with Crippen molar-refractivity contribution in [1.82, 2.24) is 5.32 Å². The van der Waals surface area contributed by atoms with E-state index in [9.17, 15) is 0 Å². The standard InChI is InChI=1S/C10H20N2/c11-9-7-10(12-8-9)5-3-1-2-4-6-10/h9,12H,1-8,11H2. The first-order chi connectivity index (χ1) is 5.81. The quantitative estimate of drug-likeness (QED) is 0.574. The first-order valence-corrected chi connectivity index (χ1v) is 5.31. The Labute approximate surface area is 74.9 Å². The molecule has 0 radical (unpaired) electrons. The topological polar surface area (TPSA) is 38.0 Å². The van der Waals surface area contributed by atoms with Crippen molar-refractivity contribution in [2.75, 3.05) is 6.54 Å². The molecule has 2 nitrogen and oxygen atoms in total. The first kappa shape index (κ1) is 8.52. The molecule has 1 unspecified atom stereocenters. The second kappa shape index (κ2) is 3.35. The lowest BCUT2D eigenvalue weighted by molar-refractivity contribution is 0.326. The van der Waals surface area contributed by atoms with Gasteiger partial charge in [0, 0.05) is 18.1 Å². The summed E-state index contributed by atoms with van der Waals surface area (Å²) >= 11 is 0. The number of rotatable bonds is 0. The summed E-state index contributed by atoms with van der Waals surface area (Å²) < 4.78 is 0. The van der Waals surface area contributed by atoms with Crippen molar-refractivity contribution in [3.8, 4) is 0 Å². The van der Waals surface area contributed by atoms with E-state index in [0.717, 1.165) is 6.54 Å². The SMILES string of the molecule is NC1CNC2(CCCCCC2)C1. The van der Waals surface area contributed by atoms with Crippen LogP contribution in [0.1, 0.15) is 44.9 Å². The van der Waals surface area contributed by atoms with Crippen LogP contribution in [0.2, 0.25) is 0 Å². The molecule has 2 heteroatoms. The summed E-state index contributed by atoms with van der Waals surface area (Å²) in [5.74, 6) is 0. The van der Waals surface area contributed by atoms with E-state index in [2.05, 4.69) is 5.32 Å². The average molecular weight is 168 g/mol. The van der Waals surface area contributed by atoms with Crippen LogP contribution in [0.5, 0.6) is 0 Å². The molecule has 0 aromatic heterocycles. The van der Waals surface area contributed by atoms with Gasteiger partial charge in [0.25, 0.3) is 0 Å². The molecule has 0 aromatic rings. The third-order valence-electron chi connectivity index (χ3n) is 3.45. The highest BCUT2D eigenvalue weighted by molar-refractivity contribution is 4.98. The highest BCUT2D eigenvalue weighted by atomic mass is 15.0. The summed E-state index contributed by atoms with van der Waals surface area (Å²) in [6, 6.07) is 0.420. The maximum atomic E-state index is 5.93. The Morgan fingerprint density at radius 3 is 2.25 bits per heavy atom. The van der Waals surface area contributed by atoms with Gasteiger partial charge in [0.2, 0.25) is 0 Å². The zero-order valence-corrected chi connectivity index (χ0v) is 7.81. The lowest BCUT2D eigenvalue weighted by atomic mass is 9.88. The van der Waals surface area contributed by atoms with E-state index in [4.69, 9.17) is 5.73 Å². The average Bonchev–Trinajstić information content (AvgIpc) is 2.30. The Morgan fingerprint density at radius 2 is 1.75 bits per heavy atom. The minimum absolute atomic E-state index is 0.420. The highest BCUT2D eigenvalue weighted by Gasteiger charge is 2.36. The molecule has 3 N–H and O–H groups in total. The Kier molecular flexibility index (Phi) is 2.37. The molecule has 2 fully saturated rings. The third-order valence-corrected chi connectivity index (χ3v) is 3.45. The van der Waals surface area contributed by atoms with Gasteiger partial charge in [-0.15, -0.1) is 0 Å². The van der Waals surface area contributed by atoms with Gasteiger partial charge >= 0.3 is 0 Å². The molecule has 1 saturated carbocycles. The van der Waals surface area contributed by atoms with Gasteiger partial charge in [0.15, 0.2) is 0 Å². The number of nitrogens with one attached hydrogen (secondary N) is 1. The van der Waals surface area contributed by atoms with Crippen molar-refractivity contribution in [3.05, 3.63) is 0 Å². The molecule has 2 aliphatic rings. The van der Waals surface area contributed by atoms with Gasteiger partial charge in [-0.3, -0.25) is 0 Å². The van der Waals surface area contributed by atoms with Crippen molar-refractivity contribution in [2.24, 2.45) is 5.73 Å². The van der Waals surface area contributed by atoms with Crippen LogP contribution >= 0.6 is 0 Å². The predicted octanol–water partition coefficient (Wildman–Crippen LogP) is 1.40. The normalized spacial score (nSPS) is 35.2. The molecule has 1 saturated heterocycles. The maximum Gasteiger partial charge on any atom is 0.0197 e. The zero-order valence-electron chi connectivity index (χ0n) is 7.81. The molecule has 2 rings (SSSR count). The molecule has 0 amide bonds. The van der Waals surface area contributed by atoms with Crippen molar-refractivity contribution in [2.45, 2.75) is 56.5 Å². The molecule has 0 bridgehead atoms. The Hall–Kier alpha value is -0.0800. The smallest absolute Gasteiger partial charge is 0.0197 e. The fourth-order valence-electron chi connectivity index (χ4n) is 2.78. The minimum Gasteiger partial charge on any atom is -0.326 e. The number of hydrogen-bond donors (Lipinski definition) is 2. The van der Waals surface area contributed by atoms with Crippen LogP contribution in [0.4, 0.5) is 0 Å². The Morgan fingerprint density at radius 1 is 1.08 bits per heavy atom. The molecule has 70 valence electrons. The van der Waals surface area contributed by atoms with Gasteiger partial charge in [-0.05, 0) is 19.3 Å². The van der Waals surface area contributed by atoms with E-state index in [1.807, 2.05) is 0 Å². The van der Waals surface area contributed by atoms with Crippen molar-refractivity contribution in [1.29, 1.82) is 0 Å². The predicted molar refractivity (Wildman–Crippen MR) is 51.0 cm³/mol. The summed E-state index contributed by atoms with van der Waals surface area (Å²) in [6.45, 7) is 1.04. The van der Waals surface area contributed by atoms with E-state index in [1.54, 1.807) is 0 Å². The van der Waals surface area contributed by atoms with Gasteiger partial charge < -0.3 is 11.1 Å². The van der Waals surface area contributed by atoms with E-state index in [1.165, 1.54) is 44.9 Å². The first-order valence-electron chi connectivity index (χ1n) is 5.31. The van der Waals surface area contributed by atoms with Crippen LogP contribution in [0.15, 0.2) is 0 Å². The summed E-state index contributed by atoms with van der Waals surface area (Å²) in [4.78, 5) is 0. The maximum absolute atomic E-state index is 5.93. The highest BCUT2D eigenvalue weighted by Crippen LogP contribution is 2.33. The molecule has 1 aliphatic heterocycles. The Bertz CT molecular complexity index is 148. The van der Waals surface area contributed by atoms with Crippen molar-refractivity contribution >= 4 is 0 Å². The largest absolute Gasteiger partial charge is 0.326 e. The molecular weight excluding hydrogens is 148 g/mol. The van der Waals surface area contributed by atoms with Crippen molar-refractivity contribution in [3.63, 3.8) is 0 Å². The van der Waals surface area contributed by atoms with Gasteiger partial charge in [0.05, 0.1) is 0 Å². The summed E-state index contributed by atoms with van der Waals surface area (Å²) in [5, 5.41) is 3.64. The fourth-order valence-corrected chi connectivity index (χ4v) is 2.78. The van der Waals surface area contributed by atoms with Crippen LogP contribution < -0.4 is 11.1 Å². The molecule has 1 aliphatic carbocycles. The molecule has 1 spiro atoms. The van der Waals surface area contributed by atoms with E-state index < -0.39 is 0 Å². The number of nitrogens with two attached hydrogens (primary N) is 1. The summed E-state index contributed by atoms with van der Waals surface area (Å²) in [5.41, 5.74) is 6.38. The minimum atomic E-state index is 0.420.